The highest BCUT2D eigenvalue weighted by Gasteiger charge is 2.35. The molecule has 0 aromatic heterocycles. The number of hydrogen-bond acceptors (Lipinski definition) is 6. The Bertz CT molecular complexity index is 699. The van der Waals surface area contributed by atoms with Crippen LogP contribution < -0.4 is 4.18 Å². The predicted molar refractivity (Wildman–Crippen MR) is 62.3 cm³/mol. The first kappa shape index (κ1) is 18.8. The van der Waals surface area contributed by atoms with E-state index in [0.29, 0.717) is 0 Å². The molecule has 0 amide bonds. The van der Waals surface area contributed by atoms with Crippen molar-refractivity contribution >= 4 is 17.7 Å². The summed E-state index contributed by atoms with van der Waals surface area (Å²) in [5.74, 6) is -14.3. The van der Waals surface area contributed by atoms with Crippen LogP contribution in [0.25, 0.3) is 0 Å². The van der Waals surface area contributed by atoms with Gasteiger partial charge in [0.05, 0.1) is 0 Å². The zero-order chi connectivity index (χ0) is 17.3. The Morgan fingerprint density at radius 2 is 1.23 bits per heavy atom. The zero-order valence-electron chi connectivity index (χ0n) is 10.9. The molecule has 0 atom stereocenters. The molecule has 0 saturated carbocycles. The normalized spacial score (nSPS) is 12.5. The smallest absolute Gasteiger partial charge is 0.348 e. The third kappa shape index (κ3) is 3.75. The lowest BCUT2D eigenvalue weighted by atomic mass is 10.3. The highest BCUT2D eigenvalue weighted by atomic mass is 32.2. The van der Waals surface area contributed by atoms with E-state index in [1.165, 1.54) is 0 Å². The Morgan fingerprint density at radius 1 is 0.864 bits per heavy atom. The lowest BCUT2D eigenvalue weighted by Crippen LogP contribution is -2.18. The topological polar surface area (TPSA) is 78.9 Å². The number of hydrogen-bond donors (Lipinski definition) is 0. The van der Waals surface area contributed by atoms with Crippen LogP contribution in [0.3, 0.4) is 0 Å². The van der Waals surface area contributed by atoms with Gasteiger partial charge in [-0.1, -0.05) is 0 Å². The lowest BCUT2D eigenvalue weighted by molar-refractivity contribution is 0.279. The van der Waals surface area contributed by atoms with Crippen LogP contribution in [0.4, 0.5) is 22.0 Å². The third-order valence-electron chi connectivity index (χ3n) is 2.25. The van der Waals surface area contributed by atoms with Gasteiger partial charge in [-0.15, -0.1) is 0 Å². The van der Waals surface area contributed by atoms with Crippen LogP contribution in [0.15, 0.2) is 0 Å². The molecular formula is C9H8F5O6PS. The van der Waals surface area contributed by atoms with Gasteiger partial charge in [0.15, 0.2) is 5.49 Å². The molecule has 0 aliphatic heterocycles. The van der Waals surface area contributed by atoms with E-state index in [0.717, 1.165) is 14.2 Å². The van der Waals surface area contributed by atoms with Crippen molar-refractivity contribution in [3.8, 4) is 5.75 Å². The largest absolute Gasteiger partial charge is 0.375 e. The molecule has 1 rings (SSSR count). The van der Waals surface area contributed by atoms with Crippen molar-refractivity contribution in [1.82, 2.24) is 0 Å². The van der Waals surface area contributed by atoms with Crippen LogP contribution in [0.2, 0.25) is 0 Å². The molecule has 0 bridgehead atoms. The fraction of sp³-hybridized carbons (Fsp3) is 0.333. The van der Waals surface area contributed by atoms with Gasteiger partial charge in [0.2, 0.25) is 34.8 Å². The van der Waals surface area contributed by atoms with Crippen LogP contribution in [-0.4, -0.2) is 28.1 Å². The van der Waals surface area contributed by atoms with Crippen molar-refractivity contribution in [2.75, 3.05) is 19.7 Å². The van der Waals surface area contributed by atoms with Gasteiger partial charge in [-0.25, -0.2) is 13.2 Å². The SMILES string of the molecule is COP(=O)(CS(=O)(=O)Oc1c(F)c(F)c(F)c(F)c1F)OC. The van der Waals surface area contributed by atoms with Crippen molar-refractivity contribution in [3.63, 3.8) is 0 Å². The monoisotopic (exact) mass is 370 g/mol. The predicted octanol–water partition coefficient (Wildman–Crippen LogP) is 2.53. The molecular weight excluding hydrogens is 362 g/mol. The number of benzene rings is 1. The van der Waals surface area contributed by atoms with Crippen LogP contribution in [0, 0.1) is 29.1 Å². The van der Waals surface area contributed by atoms with Crippen molar-refractivity contribution < 1.29 is 48.2 Å². The maximum atomic E-state index is 13.3. The van der Waals surface area contributed by atoms with Gasteiger partial charge in [-0.2, -0.15) is 17.2 Å². The minimum Gasteiger partial charge on any atom is -0.375 e. The molecule has 0 radical (unpaired) electrons. The minimum atomic E-state index is -5.06. The highest BCUT2D eigenvalue weighted by Crippen LogP contribution is 2.48. The number of rotatable bonds is 6. The second kappa shape index (κ2) is 6.49. The molecule has 1 aromatic rings. The molecule has 22 heavy (non-hydrogen) atoms. The first-order valence-electron chi connectivity index (χ1n) is 5.12. The van der Waals surface area contributed by atoms with E-state index in [1.54, 1.807) is 0 Å². The van der Waals surface area contributed by atoms with Crippen LogP contribution in [-0.2, 0) is 23.7 Å². The summed E-state index contributed by atoms with van der Waals surface area (Å²) in [7, 11) is -7.64. The standard InChI is InChI=1S/C9H8F5O6PS/c1-18-21(15,19-2)3-22(16,17)20-9-7(13)5(11)4(10)6(12)8(9)14/h3H2,1-2H3. The van der Waals surface area contributed by atoms with Gasteiger partial charge in [-0.05, 0) is 0 Å². The molecule has 13 heteroatoms. The van der Waals surface area contributed by atoms with Gasteiger partial charge in [0.25, 0.3) is 0 Å². The summed E-state index contributed by atoms with van der Waals surface area (Å²) in [6, 6.07) is 0. The molecule has 0 heterocycles. The second-order valence-electron chi connectivity index (χ2n) is 3.65. The highest BCUT2D eigenvalue weighted by molar-refractivity contribution is 7.94. The van der Waals surface area contributed by atoms with E-state index in [4.69, 9.17) is 0 Å². The minimum absolute atomic E-state index is 0.818. The Labute approximate surface area is 121 Å². The molecule has 6 nitrogen and oxygen atoms in total. The maximum Gasteiger partial charge on any atom is 0.348 e. The van der Waals surface area contributed by atoms with Crippen molar-refractivity contribution in [2.45, 2.75) is 0 Å². The molecule has 0 fully saturated rings. The van der Waals surface area contributed by atoms with Crippen molar-refractivity contribution in [1.29, 1.82) is 0 Å². The molecule has 0 aliphatic carbocycles. The van der Waals surface area contributed by atoms with Crippen molar-refractivity contribution in [3.05, 3.63) is 29.1 Å². The summed E-state index contributed by atoms with van der Waals surface area (Å²) in [5, 5.41) is 0. The number of halogens is 5. The van der Waals surface area contributed by atoms with Crippen LogP contribution >= 0.6 is 7.60 Å². The Hall–Kier alpha value is -1.23. The van der Waals surface area contributed by atoms with Gasteiger partial charge >= 0.3 is 17.7 Å². The molecule has 0 aliphatic rings. The van der Waals surface area contributed by atoms with E-state index in [-0.39, 0.29) is 0 Å². The van der Waals surface area contributed by atoms with E-state index in [9.17, 15) is 34.9 Å². The summed E-state index contributed by atoms with van der Waals surface area (Å²) in [6.07, 6.45) is 0. The summed E-state index contributed by atoms with van der Waals surface area (Å²) >= 11 is 0. The Kier molecular flexibility index (Phi) is 5.55. The Morgan fingerprint density at radius 3 is 1.59 bits per heavy atom. The van der Waals surface area contributed by atoms with Crippen LogP contribution in [0.5, 0.6) is 5.75 Å². The molecule has 126 valence electrons. The summed E-state index contributed by atoms with van der Waals surface area (Å²) < 4.78 is 112. The van der Waals surface area contributed by atoms with E-state index in [2.05, 4.69) is 13.2 Å². The van der Waals surface area contributed by atoms with E-state index < -0.39 is 58.0 Å². The Balaban J connectivity index is 3.29. The van der Waals surface area contributed by atoms with Gasteiger partial charge in [0, 0.05) is 14.2 Å². The summed E-state index contributed by atoms with van der Waals surface area (Å²) in [4.78, 5) is 0. The molecule has 1 aromatic carbocycles. The lowest BCUT2D eigenvalue weighted by Gasteiger charge is -2.14. The fourth-order valence-corrected chi connectivity index (χ4v) is 4.34. The van der Waals surface area contributed by atoms with Crippen LogP contribution in [0.1, 0.15) is 0 Å². The maximum absolute atomic E-state index is 13.3. The summed E-state index contributed by atoms with van der Waals surface area (Å²) in [6.45, 7) is 0. The average Bonchev–Trinajstić information content (AvgIpc) is 2.47. The van der Waals surface area contributed by atoms with Gasteiger partial charge in [0.1, 0.15) is 0 Å². The van der Waals surface area contributed by atoms with Crippen molar-refractivity contribution in [2.24, 2.45) is 0 Å². The molecule has 0 spiro atoms. The molecule has 0 saturated heterocycles. The van der Waals surface area contributed by atoms with Gasteiger partial charge in [-0.3, -0.25) is 4.57 Å². The fourth-order valence-electron chi connectivity index (χ4n) is 1.18. The molecule has 0 N–H and O–H groups in total. The first-order valence-corrected chi connectivity index (χ1v) is 8.42. The second-order valence-corrected chi connectivity index (χ2v) is 7.91. The summed E-state index contributed by atoms with van der Waals surface area (Å²) in [5.41, 5.74) is -1.51. The van der Waals surface area contributed by atoms with E-state index in [1.807, 2.05) is 0 Å². The van der Waals surface area contributed by atoms with E-state index >= 15 is 0 Å². The third-order valence-corrected chi connectivity index (χ3v) is 6.32. The molecule has 0 unspecified atom stereocenters. The first-order chi connectivity index (χ1) is 9.98. The quantitative estimate of drug-likeness (QED) is 0.252. The van der Waals surface area contributed by atoms with Gasteiger partial charge < -0.3 is 13.2 Å². The zero-order valence-corrected chi connectivity index (χ0v) is 12.6. The average molecular weight is 370 g/mol.